The Morgan fingerprint density at radius 2 is 2.12 bits per heavy atom. The van der Waals surface area contributed by atoms with Crippen LogP contribution in [-0.2, 0) is 0 Å². The van der Waals surface area contributed by atoms with Crippen LogP contribution in [0.25, 0.3) is 10.1 Å². The van der Waals surface area contributed by atoms with E-state index in [9.17, 15) is 4.79 Å². The maximum absolute atomic E-state index is 12.7. The third kappa shape index (κ3) is 2.78. The molecular formula is C18H23N3O2S. The lowest BCUT2D eigenvalue weighted by Gasteiger charge is -2.36. The van der Waals surface area contributed by atoms with Gasteiger partial charge >= 0.3 is 0 Å². The summed E-state index contributed by atoms with van der Waals surface area (Å²) in [6.45, 7) is 2.60. The summed E-state index contributed by atoms with van der Waals surface area (Å²) in [5.41, 5.74) is 0.546. The number of benzene rings is 1. The molecule has 3 heterocycles. The Balaban J connectivity index is 1.49. The minimum Gasteiger partial charge on any atom is -0.494 e. The molecule has 6 heteroatoms. The zero-order chi connectivity index (χ0) is 16.7. The predicted molar refractivity (Wildman–Crippen MR) is 95.9 cm³/mol. The summed E-state index contributed by atoms with van der Waals surface area (Å²) in [7, 11) is 2.21. The molecule has 1 amide bonds. The zero-order valence-electron chi connectivity index (χ0n) is 14.1. The first-order valence-corrected chi connectivity index (χ1v) is 9.48. The maximum Gasteiger partial charge on any atom is 0.271 e. The number of carbonyl (C=O) groups is 1. The number of piperidine rings is 1. The molecule has 2 fully saturated rings. The van der Waals surface area contributed by atoms with E-state index in [1.165, 1.54) is 24.4 Å². The van der Waals surface area contributed by atoms with Gasteiger partial charge in [0.2, 0.25) is 0 Å². The first kappa shape index (κ1) is 15.8. The molecule has 5 nitrogen and oxygen atoms in total. The van der Waals surface area contributed by atoms with Crippen molar-refractivity contribution in [3.63, 3.8) is 0 Å². The first-order chi connectivity index (χ1) is 11.7. The maximum atomic E-state index is 12.7. The second-order valence-electron chi connectivity index (χ2n) is 6.81. The highest BCUT2D eigenvalue weighted by atomic mass is 32.1. The van der Waals surface area contributed by atoms with Gasteiger partial charge in [-0.25, -0.2) is 0 Å². The van der Waals surface area contributed by atoms with Crippen LogP contribution in [0.4, 0.5) is 0 Å². The van der Waals surface area contributed by atoms with Gasteiger partial charge in [-0.2, -0.15) is 4.37 Å². The fourth-order valence-electron chi connectivity index (χ4n) is 4.12. The minimum atomic E-state index is -0.0423. The fraction of sp³-hybridized carbons (Fsp3) is 0.556. The summed E-state index contributed by atoms with van der Waals surface area (Å²) >= 11 is 1.36. The summed E-state index contributed by atoms with van der Waals surface area (Å²) in [5.74, 6) is 0.784. The van der Waals surface area contributed by atoms with Crippen molar-refractivity contribution in [2.24, 2.45) is 0 Å². The molecule has 1 N–H and O–H groups in total. The topological polar surface area (TPSA) is 54.5 Å². The average Bonchev–Trinajstić information content (AvgIpc) is 3.05. The molecule has 1 aromatic heterocycles. The Morgan fingerprint density at radius 1 is 1.38 bits per heavy atom. The Bertz CT molecular complexity index is 746. The fourth-order valence-corrected chi connectivity index (χ4v) is 4.92. The van der Waals surface area contributed by atoms with E-state index < -0.39 is 0 Å². The number of ether oxygens (including phenoxy) is 1. The quantitative estimate of drug-likeness (QED) is 0.925. The Kier molecular flexibility index (Phi) is 4.18. The third-order valence-corrected chi connectivity index (χ3v) is 6.21. The molecule has 0 aliphatic carbocycles. The number of amides is 1. The largest absolute Gasteiger partial charge is 0.494 e. The summed E-state index contributed by atoms with van der Waals surface area (Å²) in [6, 6.07) is 7.32. The molecule has 2 saturated heterocycles. The predicted octanol–water partition coefficient (Wildman–Crippen LogP) is 3.05. The molecule has 4 rings (SSSR count). The molecule has 2 aliphatic rings. The van der Waals surface area contributed by atoms with Crippen LogP contribution in [0.5, 0.6) is 5.75 Å². The highest BCUT2D eigenvalue weighted by Gasteiger charge is 2.39. The van der Waals surface area contributed by atoms with E-state index in [4.69, 9.17) is 4.74 Å². The summed E-state index contributed by atoms with van der Waals surface area (Å²) < 4.78 is 10.9. The average molecular weight is 345 g/mol. The van der Waals surface area contributed by atoms with Crippen LogP contribution in [0.3, 0.4) is 0 Å². The minimum absolute atomic E-state index is 0.0423. The molecule has 2 aromatic rings. The van der Waals surface area contributed by atoms with Crippen LogP contribution in [0.2, 0.25) is 0 Å². The van der Waals surface area contributed by atoms with Gasteiger partial charge in [0.15, 0.2) is 0 Å². The lowest BCUT2D eigenvalue weighted by atomic mass is 9.98. The lowest BCUT2D eigenvalue weighted by molar-refractivity contribution is 0.0880. The van der Waals surface area contributed by atoms with Gasteiger partial charge in [-0.3, -0.25) is 4.79 Å². The van der Waals surface area contributed by atoms with Gasteiger partial charge in [-0.1, -0.05) is 0 Å². The van der Waals surface area contributed by atoms with Crippen molar-refractivity contribution in [1.82, 2.24) is 14.6 Å². The molecule has 0 spiro atoms. The molecule has 0 radical (unpaired) electrons. The highest BCUT2D eigenvalue weighted by molar-refractivity contribution is 7.13. The Labute approximate surface area is 146 Å². The van der Waals surface area contributed by atoms with E-state index in [2.05, 4.69) is 21.6 Å². The SMILES string of the molecule is CCOc1ccc2c(C(=O)NC3CC4CCC(C3)N4C)nsc2c1. The molecule has 2 atom stereocenters. The van der Waals surface area contributed by atoms with E-state index in [0.29, 0.717) is 24.4 Å². The second kappa shape index (κ2) is 6.33. The van der Waals surface area contributed by atoms with Crippen molar-refractivity contribution in [2.45, 2.75) is 50.7 Å². The van der Waals surface area contributed by atoms with Crippen LogP contribution < -0.4 is 10.1 Å². The normalized spacial score (nSPS) is 26.7. The molecular weight excluding hydrogens is 322 g/mol. The van der Waals surface area contributed by atoms with Crippen LogP contribution in [0.15, 0.2) is 18.2 Å². The van der Waals surface area contributed by atoms with Crippen molar-refractivity contribution in [1.29, 1.82) is 0 Å². The lowest BCUT2D eigenvalue weighted by Crippen LogP contribution is -2.48. The van der Waals surface area contributed by atoms with Crippen LogP contribution in [0, 0.1) is 0 Å². The number of hydrogen-bond acceptors (Lipinski definition) is 5. The summed E-state index contributed by atoms with van der Waals surface area (Å²) in [6.07, 6.45) is 4.62. The van der Waals surface area contributed by atoms with Gasteiger partial charge in [0.05, 0.1) is 11.3 Å². The monoisotopic (exact) mass is 345 g/mol. The summed E-state index contributed by atoms with van der Waals surface area (Å²) in [5, 5.41) is 4.14. The number of rotatable bonds is 4. The first-order valence-electron chi connectivity index (χ1n) is 8.70. The van der Waals surface area contributed by atoms with E-state index in [0.717, 1.165) is 28.7 Å². The van der Waals surface area contributed by atoms with Crippen molar-refractivity contribution in [3.8, 4) is 5.75 Å². The molecule has 1 aromatic carbocycles. The second-order valence-corrected chi connectivity index (χ2v) is 7.62. The number of fused-ring (bicyclic) bond motifs is 3. The van der Waals surface area contributed by atoms with Crippen LogP contribution >= 0.6 is 11.5 Å². The van der Waals surface area contributed by atoms with Gasteiger partial charge < -0.3 is 15.0 Å². The third-order valence-electron chi connectivity index (χ3n) is 5.40. The van der Waals surface area contributed by atoms with Crippen molar-refractivity contribution in [3.05, 3.63) is 23.9 Å². The molecule has 0 saturated carbocycles. The van der Waals surface area contributed by atoms with Gasteiger partial charge in [-0.15, -0.1) is 0 Å². The molecule has 2 bridgehead atoms. The van der Waals surface area contributed by atoms with Gasteiger partial charge in [0, 0.05) is 23.5 Å². The Morgan fingerprint density at radius 3 is 2.83 bits per heavy atom. The standard InChI is InChI=1S/C18H23N3O2S/c1-3-23-14-6-7-15-16(10-14)24-20-17(15)18(22)19-11-8-12-4-5-13(9-11)21(12)2/h6-7,10-13H,3-5,8-9H2,1-2H3,(H,19,22). The number of nitrogens with one attached hydrogen (secondary N) is 1. The van der Waals surface area contributed by atoms with Crippen molar-refractivity contribution >= 4 is 27.5 Å². The number of nitrogens with zero attached hydrogens (tertiary/aromatic N) is 2. The Hall–Kier alpha value is -1.66. The smallest absolute Gasteiger partial charge is 0.271 e. The highest BCUT2D eigenvalue weighted by Crippen LogP contribution is 2.34. The number of aromatic nitrogens is 1. The number of carbonyl (C=O) groups excluding carboxylic acids is 1. The van der Waals surface area contributed by atoms with Crippen LogP contribution in [0.1, 0.15) is 43.1 Å². The van der Waals surface area contributed by atoms with E-state index in [1.807, 2.05) is 25.1 Å². The zero-order valence-corrected chi connectivity index (χ0v) is 14.9. The number of hydrogen-bond donors (Lipinski definition) is 1. The van der Waals surface area contributed by atoms with Gasteiger partial charge in [-0.05, 0) is 69.4 Å². The molecule has 128 valence electrons. The molecule has 2 unspecified atom stereocenters. The molecule has 24 heavy (non-hydrogen) atoms. The summed E-state index contributed by atoms with van der Waals surface area (Å²) in [4.78, 5) is 15.2. The van der Waals surface area contributed by atoms with Crippen molar-refractivity contribution < 1.29 is 9.53 Å². The van der Waals surface area contributed by atoms with Gasteiger partial charge in [0.25, 0.3) is 5.91 Å². The molecule has 2 aliphatic heterocycles. The van der Waals surface area contributed by atoms with Crippen LogP contribution in [-0.4, -0.2) is 47.0 Å². The van der Waals surface area contributed by atoms with Gasteiger partial charge in [0.1, 0.15) is 11.4 Å². The van der Waals surface area contributed by atoms with E-state index >= 15 is 0 Å². The van der Waals surface area contributed by atoms with E-state index in [-0.39, 0.29) is 11.9 Å². The van der Waals surface area contributed by atoms with E-state index in [1.54, 1.807) is 0 Å². The van der Waals surface area contributed by atoms with Crippen molar-refractivity contribution in [2.75, 3.05) is 13.7 Å².